The Bertz CT molecular complexity index is 299. The van der Waals surface area contributed by atoms with Crippen molar-refractivity contribution in [3.05, 3.63) is 54.5 Å². The minimum Gasteiger partial charge on any atom is -0.103 e. The smallest absolute Gasteiger partial charge is 0.00934 e. The van der Waals surface area contributed by atoms with E-state index in [1.807, 2.05) is 6.08 Å². The zero-order valence-electron chi connectivity index (χ0n) is 7.87. The van der Waals surface area contributed by atoms with Crippen molar-refractivity contribution < 1.29 is 0 Å². The maximum Gasteiger partial charge on any atom is -0.00934 e. The normalized spacial score (nSPS) is 20.8. The van der Waals surface area contributed by atoms with Crippen LogP contribution in [0.1, 0.15) is 29.9 Å². The predicted octanol–water partition coefficient (Wildman–Crippen LogP) is 3.50. The van der Waals surface area contributed by atoms with E-state index in [2.05, 4.69) is 37.3 Å². The minimum atomic E-state index is 0.613. The van der Waals surface area contributed by atoms with Gasteiger partial charge in [-0.05, 0) is 42.7 Å². The summed E-state index contributed by atoms with van der Waals surface area (Å²) >= 11 is 0. The molecule has 1 aromatic rings. The van der Waals surface area contributed by atoms with E-state index in [1.165, 1.54) is 24.0 Å². The van der Waals surface area contributed by atoms with E-state index in [4.69, 9.17) is 0 Å². The van der Waals surface area contributed by atoms with Gasteiger partial charge < -0.3 is 0 Å². The first-order valence-corrected chi connectivity index (χ1v) is 4.94. The van der Waals surface area contributed by atoms with Gasteiger partial charge in [-0.3, -0.25) is 0 Å². The first kappa shape index (κ1) is 8.55. The molecule has 0 N–H and O–H groups in total. The summed E-state index contributed by atoms with van der Waals surface area (Å²) in [5.74, 6) is 0.613. The Balaban J connectivity index is 2.31. The van der Waals surface area contributed by atoms with Gasteiger partial charge in [-0.25, -0.2) is 0 Å². The topological polar surface area (TPSA) is 0 Å². The van der Waals surface area contributed by atoms with Crippen LogP contribution in [0.25, 0.3) is 0 Å². The van der Waals surface area contributed by atoms with Gasteiger partial charge in [0.2, 0.25) is 0 Å². The number of rotatable bonds is 2. The molecule has 1 radical (unpaired) electrons. The van der Waals surface area contributed by atoms with Gasteiger partial charge in [-0.2, -0.15) is 0 Å². The highest BCUT2D eigenvalue weighted by atomic mass is 14.2. The van der Waals surface area contributed by atoms with E-state index < -0.39 is 0 Å². The molecule has 0 heterocycles. The Morgan fingerprint density at radius 1 is 1.38 bits per heavy atom. The lowest BCUT2D eigenvalue weighted by atomic mass is 9.81. The molecular weight excluding hydrogens is 156 g/mol. The average Bonchev–Trinajstić information content (AvgIpc) is 2.19. The van der Waals surface area contributed by atoms with E-state index in [-0.39, 0.29) is 0 Å². The van der Waals surface area contributed by atoms with Crippen molar-refractivity contribution in [2.24, 2.45) is 0 Å². The summed E-state index contributed by atoms with van der Waals surface area (Å²) < 4.78 is 0. The highest BCUT2D eigenvalue weighted by molar-refractivity contribution is 5.35. The predicted molar refractivity (Wildman–Crippen MR) is 56.6 cm³/mol. The van der Waals surface area contributed by atoms with Crippen molar-refractivity contribution >= 4 is 0 Å². The van der Waals surface area contributed by atoms with Crippen LogP contribution in [0.4, 0.5) is 0 Å². The quantitative estimate of drug-likeness (QED) is 0.597. The van der Waals surface area contributed by atoms with E-state index in [9.17, 15) is 0 Å². The van der Waals surface area contributed by atoms with Crippen molar-refractivity contribution in [3.63, 3.8) is 0 Å². The summed E-state index contributed by atoms with van der Waals surface area (Å²) in [7, 11) is 0. The van der Waals surface area contributed by atoms with Crippen LogP contribution in [0.5, 0.6) is 0 Å². The fourth-order valence-electron chi connectivity index (χ4n) is 2.09. The number of benzene rings is 1. The molecular formula is C13H15. The zero-order valence-corrected chi connectivity index (χ0v) is 7.87. The van der Waals surface area contributed by atoms with Crippen LogP contribution in [-0.4, -0.2) is 0 Å². The molecule has 1 aliphatic carbocycles. The molecule has 0 fully saturated rings. The van der Waals surface area contributed by atoms with Crippen LogP contribution in [0.15, 0.2) is 36.9 Å². The monoisotopic (exact) mass is 171 g/mol. The van der Waals surface area contributed by atoms with Crippen molar-refractivity contribution in [1.82, 2.24) is 0 Å². The van der Waals surface area contributed by atoms with Gasteiger partial charge in [-0.1, -0.05) is 30.3 Å². The summed E-state index contributed by atoms with van der Waals surface area (Å²) in [6.07, 6.45) is 7.95. The van der Waals surface area contributed by atoms with Crippen molar-refractivity contribution in [2.45, 2.75) is 25.2 Å². The molecule has 0 heteroatoms. The van der Waals surface area contributed by atoms with Crippen molar-refractivity contribution in [2.75, 3.05) is 0 Å². The first-order chi connectivity index (χ1) is 6.42. The highest BCUT2D eigenvalue weighted by Crippen LogP contribution is 2.32. The summed E-state index contributed by atoms with van der Waals surface area (Å²) in [6.45, 7) is 3.81. The van der Waals surface area contributed by atoms with Gasteiger partial charge in [0, 0.05) is 0 Å². The molecule has 0 saturated carbocycles. The summed E-state index contributed by atoms with van der Waals surface area (Å²) in [4.78, 5) is 0. The van der Waals surface area contributed by atoms with Gasteiger partial charge >= 0.3 is 0 Å². The Kier molecular flexibility index (Phi) is 2.49. The minimum absolute atomic E-state index is 0.613. The van der Waals surface area contributed by atoms with Crippen LogP contribution in [0.3, 0.4) is 0 Å². The molecule has 1 aliphatic rings. The third kappa shape index (κ3) is 1.67. The maximum atomic E-state index is 3.81. The molecule has 1 unspecified atom stereocenters. The molecule has 0 nitrogen and oxygen atoms in total. The molecule has 13 heavy (non-hydrogen) atoms. The van der Waals surface area contributed by atoms with Crippen LogP contribution in [0, 0.1) is 6.42 Å². The van der Waals surface area contributed by atoms with Gasteiger partial charge in [-0.15, -0.1) is 6.58 Å². The third-order valence-electron chi connectivity index (χ3n) is 2.74. The number of hydrogen-bond donors (Lipinski definition) is 0. The number of allylic oxidation sites excluding steroid dienone is 1. The molecule has 2 rings (SSSR count). The fraction of sp³-hybridized carbons (Fsp3) is 0.308. The summed E-state index contributed by atoms with van der Waals surface area (Å²) in [6, 6.07) is 8.76. The van der Waals surface area contributed by atoms with Gasteiger partial charge in [0.15, 0.2) is 0 Å². The molecule has 0 aliphatic heterocycles. The van der Waals surface area contributed by atoms with E-state index in [0.29, 0.717) is 5.92 Å². The lowest BCUT2D eigenvalue weighted by Gasteiger charge is -2.23. The van der Waals surface area contributed by atoms with Crippen LogP contribution in [-0.2, 0) is 6.42 Å². The Morgan fingerprint density at radius 3 is 3.08 bits per heavy atom. The van der Waals surface area contributed by atoms with E-state index in [0.717, 1.165) is 6.42 Å². The lowest BCUT2D eigenvalue weighted by molar-refractivity contribution is 0.687. The highest BCUT2D eigenvalue weighted by Gasteiger charge is 2.17. The molecule has 1 atom stereocenters. The summed E-state index contributed by atoms with van der Waals surface area (Å²) in [5, 5.41) is 0. The number of hydrogen-bond acceptors (Lipinski definition) is 0. The second-order valence-corrected chi connectivity index (χ2v) is 3.60. The zero-order chi connectivity index (χ0) is 9.10. The van der Waals surface area contributed by atoms with Gasteiger partial charge in [0.25, 0.3) is 0 Å². The molecule has 0 bridgehead atoms. The first-order valence-electron chi connectivity index (χ1n) is 4.94. The number of fused-ring (bicyclic) bond motifs is 1. The van der Waals surface area contributed by atoms with Gasteiger partial charge in [0.05, 0.1) is 0 Å². The Morgan fingerprint density at radius 2 is 2.23 bits per heavy atom. The largest absolute Gasteiger partial charge is 0.103 e. The lowest BCUT2D eigenvalue weighted by Crippen LogP contribution is -2.09. The van der Waals surface area contributed by atoms with E-state index >= 15 is 0 Å². The van der Waals surface area contributed by atoms with E-state index in [1.54, 1.807) is 0 Å². The number of aryl methyl sites for hydroxylation is 1. The van der Waals surface area contributed by atoms with Gasteiger partial charge in [0.1, 0.15) is 0 Å². The van der Waals surface area contributed by atoms with Crippen LogP contribution >= 0.6 is 0 Å². The third-order valence-corrected chi connectivity index (χ3v) is 2.74. The van der Waals surface area contributed by atoms with Crippen molar-refractivity contribution in [3.8, 4) is 0 Å². The summed E-state index contributed by atoms with van der Waals surface area (Å²) in [5.41, 5.74) is 3.03. The SMILES string of the molecule is C=CCC1[CH]CCc2ccccc21. The Labute approximate surface area is 80.3 Å². The second kappa shape index (κ2) is 3.78. The van der Waals surface area contributed by atoms with Crippen LogP contribution < -0.4 is 0 Å². The Hall–Kier alpha value is -1.04. The molecule has 0 aromatic heterocycles. The second-order valence-electron chi connectivity index (χ2n) is 3.60. The molecule has 67 valence electrons. The molecule has 1 aromatic carbocycles. The molecule has 0 amide bonds. The van der Waals surface area contributed by atoms with Crippen molar-refractivity contribution in [1.29, 1.82) is 0 Å². The molecule has 0 saturated heterocycles. The average molecular weight is 171 g/mol. The fourth-order valence-corrected chi connectivity index (χ4v) is 2.09. The maximum absolute atomic E-state index is 3.81. The molecule has 0 spiro atoms. The van der Waals surface area contributed by atoms with Crippen LogP contribution in [0.2, 0.25) is 0 Å². The standard InChI is InChI=1S/C13H15/c1-2-6-11-8-5-9-12-7-3-4-10-13(11)12/h2-4,7-8,10-11H,1,5-6,9H2.